The van der Waals surface area contributed by atoms with Gasteiger partial charge < -0.3 is 9.84 Å². The van der Waals surface area contributed by atoms with Crippen LogP contribution in [0, 0.1) is 39.8 Å². The van der Waals surface area contributed by atoms with Crippen LogP contribution in [0.1, 0.15) is 59.8 Å². The highest BCUT2D eigenvalue weighted by molar-refractivity contribution is 8.00. The van der Waals surface area contributed by atoms with Crippen molar-refractivity contribution in [3.8, 4) is 0 Å². The Morgan fingerprint density at radius 1 is 1.35 bits per heavy atom. The van der Waals surface area contributed by atoms with Gasteiger partial charge >= 0.3 is 5.97 Å². The van der Waals surface area contributed by atoms with Crippen molar-refractivity contribution < 1.29 is 23.8 Å². The zero-order chi connectivity index (χ0) is 24.9. The smallest absolute Gasteiger partial charge is 0.316 e. The van der Waals surface area contributed by atoms with Crippen LogP contribution in [-0.4, -0.2) is 39.8 Å². The Bertz CT molecular complexity index is 987. The van der Waals surface area contributed by atoms with Crippen LogP contribution in [0.2, 0.25) is 0 Å². The standard InChI is InChI=1S/C27H36FNO4S/c1-6-25(4)12-21(33-22(31)15-34-19-11-18(28)13-29-14-19)26(5)16(2)7-9-27(17(3)24(25)32)10-8-20(30)23(26)27/h6,11,13-14,16-17,21,23-24,32H,1,7-10,12,15H2,2-5H3/t16-,17+,21-,23?,24+,25-,26+,27+/m1/s1. The quantitative estimate of drug-likeness (QED) is 0.347. The largest absolute Gasteiger partial charge is 0.461 e. The predicted octanol–water partition coefficient (Wildman–Crippen LogP) is 5.22. The first-order valence-corrected chi connectivity index (χ1v) is 13.2. The summed E-state index contributed by atoms with van der Waals surface area (Å²) in [5, 5.41) is 11.6. The number of carbonyl (C=O) groups is 2. The van der Waals surface area contributed by atoms with E-state index in [0.29, 0.717) is 17.7 Å². The fourth-order valence-electron chi connectivity index (χ4n) is 7.31. The van der Waals surface area contributed by atoms with E-state index in [4.69, 9.17) is 4.74 Å². The number of aliphatic hydroxyl groups excluding tert-OH is 1. The molecule has 0 aliphatic heterocycles. The molecule has 186 valence electrons. The zero-order valence-electron chi connectivity index (χ0n) is 20.6. The summed E-state index contributed by atoms with van der Waals surface area (Å²) in [4.78, 5) is 30.8. The highest BCUT2D eigenvalue weighted by Gasteiger charge is 2.68. The number of hydrogen-bond acceptors (Lipinski definition) is 6. The van der Waals surface area contributed by atoms with E-state index >= 15 is 0 Å². The molecule has 1 heterocycles. The summed E-state index contributed by atoms with van der Waals surface area (Å²) in [6, 6.07) is 1.34. The zero-order valence-corrected chi connectivity index (χ0v) is 21.4. The number of esters is 1. The number of Topliss-reactive ketones (excluding diaryl/α,β-unsaturated/α-hetero) is 1. The molecule has 0 saturated heterocycles. The van der Waals surface area contributed by atoms with Crippen LogP contribution in [0.25, 0.3) is 0 Å². The van der Waals surface area contributed by atoms with Gasteiger partial charge in [0.25, 0.3) is 0 Å². The lowest BCUT2D eigenvalue weighted by molar-refractivity contribution is -0.205. The number of aliphatic hydroxyl groups is 1. The Kier molecular flexibility index (Phi) is 6.75. The highest BCUT2D eigenvalue weighted by atomic mass is 32.2. The van der Waals surface area contributed by atoms with E-state index in [-0.39, 0.29) is 34.7 Å². The molecule has 1 unspecified atom stereocenters. The first-order valence-electron chi connectivity index (χ1n) is 12.2. The van der Waals surface area contributed by atoms with Crippen LogP contribution in [0.4, 0.5) is 4.39 Å². The number of carbonyl (C=O) groups excluding carboxylic acids is 2. The minimum atomic E-state index is -0.690. The van der Waals surface area contributed by atoms with E-state index in [0.717, 1.165) is 25.5 Å². The molecule has 1 aromatic rings. The maximum Gasteiger partial charge on any atom is 0.316 e. The van der Waals surface area contributed by atoms with Crippen LogP contribution >= 0.6 is 11.8 Å². The first-order chi connectivity index (χ1) is 16.0. The van der Waals surface area contributed by atoms with E-state index in [1.165, 1.54) is 24.0 Å². The SMILES string of the molecule is C=C[C@]1(C)C[C@@H](OC(=O)CSc2cncc(F)c2)[C@@]2(C)C3C(=O)CC[C@@]3(CC[C@H]2C)[C@@H](C)[C@@H]1O. The average Bonchev–Trinajstić information content (AvgIpc) is 3.16. The maximum absolute atomic E-state index is 13.5. The van der Waals surface area contributed by atoms with Crippen molar-refractivity contribution >= 4 is 23.5 Å². The number of hydrogen-bond donors (Lipinski definition) is 1. The second-order valence-electron chi connectivity index (χ2n) is 11.2. The molecule has 8 atom stereocenters. The highest BCUT2D eigenvalue weighted by Crippen LogP contribution is 2.68. The van der Waals surface area contributed by atoms with Crippen LogP contribution in [-0.2, 0) is 14.3 Å². The van der Waals surface area contributed by atoms with Gasteiger partial charge in [0.05, 0.1) is 18.1 Å². The predicted molar refractivity (Wildman–Crippen MR) is 130 cm³/mol. The monoisotopic (exact) mass is 489 g/mol. The molecule has 34 heavy (non-hydrogen) atoms. The molecule has 3 aliphatic carbocycles. The van der Waals surface area contributed by atoms with Gasteiger partial charge in [-0.15, -0.1) is 18.3 Å². The normalized spacial score (nSPS) is 41.8. The van der Waals surface area contributed by atoms with Gasteiger partial charge in [-0.05, 0) is 49.0 Å². The molecule has 4 rings (SSSR count). The van der Waals surface area contributed by atoms with E-state index in [1.807, 2.05) is 6.92 Å². The van der Waals surface area contributed by atoms with Gasteiger partial charge in [-0.1, -0.05) is 33.8 Å². The Labute approximate surface area is 205 Å². The summed E-state index contributed by atoms with van der Waals surface area (Å²) in [5.41, 5.74) is -1.49. The molecule has 3 saturated carbocycles. The molecule has 1 aromatic heterocycles. The van der Waals surface area contributed by atoms with Crippen molar-refractivity contribution in [3.05, 3.63) is 36.9 Å². The van der Waals surface area contributed by atoms with Gasteiger partial charge in [0.2, 0.25) is 0 Å². The van der Waals surface area contributed by atoms with E-state index in [2.05, 4.69) is 32.3 Å². The molecule has 3 fully saturated rings. The number of rotatable bonds is 5. The molecule has 5 nitrogen and oxygen atoms in total. The topological polar surface area (TPSA) is 76.5 Å². The van der Waals surface area contributed by atoms with Crippen molar-refractivity contribution in [2.24, 2.45) is 34.0 Å². The Morgan fingerprint density at radius 2 is 2.09 bits per heavy atom. The number of pyridine rings is 1. The van der Waals surface area contributed by atoms with Crippen LogP contribution < -0.4 is 0 Å². The van der Waals surface area contributed by atoms with Crippen molar-refractivity contribution in [2.75, 3.05) is 5.75 Å². The van der Waals surface area contributed by atoms with Crippen LogP contribution in [0.5, 0.6) is 0 Å². The summed E-state index contributed by atoms with van der Waals surface area (Å²) in [6.45, 7) is 12.4. The molecule has 0 radical (unpaired) electrons. The number of nitrogens with zero attached hydrogens (tertiary/aromatic N) is 1. The minimum Gasteiger partial charge on any atom is -0.461 e. The van der Waals surface area contributed by atoms with Crippen molar-refractivity contribution in [1.29, 1.82) is 0 Å². The summed E-state index contributed by atoms with van der Waals surface area (Å²) < 4.78 is 19.7. The molecule has 0 aromatic carbocycles. The lowest BCUT2D eigenvalue weighted by Crippen LogP contribution is -2.63. The van der Waals surface area contributed by atoms with Gasteiger partial charge in [-0.3, -0.25) is 14.6 Å². The van der Waals surface area contributed by atoms with E-state index in [1.54, 1.807) is 6.08 Å². The maximum atomic E-state index is 13.5. The molecule has 0 amide bonds. The summed E-state index contributed by atoms with van der Waals surface area (Å²) in [7, 11) is 0. The van der Waals surface area contributed by atoms with Crippen molar-refractivity contribution in [3.63, 3.8) is 0 Å². The number of halogens is 1. The Hall–Kier alpha value is -1.73. The Balaban J connectivity index is 1.68. The first kappa shape index (κ1) is 25.4. The lowest BCUT2D eigenvalue weighted by Gasteiger charge is -2.61. The molecule has 2 bridgehead atoms. The van der Waals surface area contributed by atoms with E-state index in [9.17, 15) is 19.1 Å². The molecule has 0 spiro atoms. The van der Waals surface area contributed by atoms with Gasteiger partial charge in [-0.2, -0.15) is 0 Å². The van der Waals surface area contributed by atoms with Crippen molar-refractivity contribution in [1.82, 2.24) is 4.98 Å². The number of ketones is 1. The summed E-state index contributed by atoms with van der Waals surface area (Å²) >= 11 is 1.18. The molecule has 3 aliphatic rings. The molecule has 1 N–H and O–H groups in total. The van der Waals surface area contributed by atoms with Crippen LogP contribution in [0.15, 0.2) is 36.0 Å². The number of ether oxygens (including phenoxy) is 1. The van der Waals surface area contributed by atoms with Gasteiger partial charge in [0.1, 0.15) is 17.7 Å². The number of thioether (sulfide) groups is 1. The molecular weight excluding hydrogens is 453 g/mol. The fourth-order valence-corrected chi connectivity index (χ4v) is 7.99. The number of aromatic nitrogens is 1. The van der Waals surface area contributed by atoms with E-state index < -0.39 is 34.8 Å². The minimum absolute atomic E-state index is 0.0135. The average molecular weight is 490 g/mol. The van der Waals surface area contributed by atoms with Gasteiger partial charge in [0, 0.05) is 34.3 Å². The molecule has 7 heteroatoms. The Morgan fingerprint density at radius 3 is 2.76 bits per heavy atom. The molecular formula is C27H36FNO4S. The third kappa shape index (κ3) is 3.93. The summed E-state index contributed by atoms with van der Waals surface area (Å²) in [6.07, 6.45) is 6.71. The second kappa shape index (κ2) is 9.05. The van der Waals surface area contributed by atoms with Gasteiger partial charge in [0.15, 0.2) is 0 Å². The van der Waals surface area contributed by atoms with Gasteiger partial charge in [-0.25, -0.2) is 4.39 Å². The fraction of sp³-hybridized carbons (Fsp3) is 0.667. The second-order valence-corrected chi connectivity index (χ2v) is 12.2. The van der Waals surface area contributed by atoms with Crippen LogP contribution in [0.3, 0.4) is 0 Å². The van der Waals surface area contributed by atoms with Crippen molar-refractivity contribution in [2.45, 2.75) is 76.9 Å². The summed E-state index contributed by atoms with van der Waals surface area (Å²) in [5.74, 6) is -0.753. The third-order valence-corrected chi connectivity index (χ3v) is 10.5. The third-order valence-electron chi connectivity index (χ3n) is 9.61. The lowest BCUT2D eigenvalue weighted by atomic mass is 9.44.